The number of aromatic amines is 2. The van der Waals surface area contributed by atoms with Crippen LogP contribution in [0.2, 0.25) is 0 Å². The molecule has 0 aliphatic carbocycles. The summed E-state index contributed by atoms with van der Waals surface area (Å²) in [5, 5.41) is 15.6. The second-order valence-corrected chi connectivity index (χ2v) is 9.37. The van der Waals surface area contributed by atoms with Gasteiger partial charge >= 0.3 is 24.1 Å². The summed E-state index contributed by atoms with van der Waals surface area (Å²) < 4.78 is 120. The van der Waals surface area contributed by atoms with E-state index in [1.807, 2.05) is 17.4 Å². The van der Waals surface area contributed by atoms with Crippen LogP contribution < -0.4 is 5.32 Å². The van der Waals surface area contributed by atoms with E-state index >= 15 is 0 Å². The zero-order valence-electron chi connectivity index (χ0n) is 21.5. The van der Waals surface area contributed by atoms with Crippen molar-refractivity contribution in [3.05, 3.63) is 35.9 Å². The van der Waals surface area contributed by atoms with Crippen molar-refractivity contribution in [1.29, 1.82) is 0 Å². The van der Waals surface area contributed by atoms with Crippen molar-refractivity contribution in [2.45, 2.75) is 37.2 Å². The molecule has 0 aromatic carbocycles. The Kier molecular flexibility index (Phi) is 10.6. The molecule has 0 unspecified atom stereocenters. The van der Waals surface area contributed by atoms with Crippen molar-refractivity contribution < 1.29 is 49.0 Å². The average Bonchev–Trinajstić information content (AvgIpc) is 3.55. The Morgan fingerprint density at radius 2 is 1.17 bits per heavy atom. The average molecular weight is 609 g/mol. The number of carbonyl (C=O) groups is 1. The van der Waals surface area contributed by atoms with E-state index in [2.05, 4.69) is 34.9 Å². The van der Waals surface area contributed by atoms with Crippen LogP contribution in [0.1, 0.15) is 11.4 Å². The first-order chi connectivity index (χ1) is 19.1. The standard InChI is InChI=1S/C22H29F9N8O2/c23-20(24,25)19(21(26,27)28,22(29,30)31)41-12-5-32-18(40)15-39-10-8-37(13-16-1-3-33-35-16)6-7-38(9-11-39)14-17-2-4-34-36-17/h1-4H,5-15H2,(H,32,40)(H,33,35)(H,34,36). The third-order valence-electron chi connectivity index (χ3n) is 6.41. The minimum Gasteiger partial charge on any atom is -0.353 e. The fraction of sp³-hybridized carbons (Fsp3) is 0.682. The van der Waals surface area contributed by atoms with Crippen LogP contribution in [-0.2, 0) is 22.6 Å². The van der Waals surface area contributed by atoms with Gasteiger partial charge in [0.25, 0.3) is 0 Å². The van der Waals surface area contributed by atoms with Crippen molar-refractivity contribution in [3.63, 3.8) is 0 Å². The highest BCUT2D eigenvalue weighted by atomic mass is 19.4. The summed E-state index contributed by atoms with van der Waals surface area (Å²) in [6.45, 7) is 1.23. The van der Waals surface area contributed by atoms with Gasteiger partial charge in [-0.05, 0) is 12.1 Å². The maximum atomic E-state index is 13.0. The fourth-order valence-electron chi connectivity index (χ4n) is 4.27. The molecule has 3 N–H and O–H groups in total. The summed E-state index contributed by atoms with van der Waals surface area (Å²) in [6, 6.07) is 3.63. The monoisotopic (exact) mass is 608 g/mol. The molecule has 1 aliphatic rings. The fourth-order valence-corrected chi connectivity index (χ4v) is 4.27. The van der Waals surface area contributed by atoms with Gasteiger partial charge < -0.3 is 10.1 Å². The minimum absolute atomic E-state index is 0.293. The van der Waals surface area contributed by atoms with Crippen LogP contribution in [0.15, 0.2) is 24.5 Å². The van der Waals surface area contributed by atoms with Crippen molar-refractivity contribution in [1.82, 2.24) is 40.4 Å². The molecule has 19 heteroatoms. The van der Waals surface area contributed by atoms with Crippen molar-refractivity contribution >= 4 is 5.91 Å². The summed E-state index contributed by atoms with van der Waals surface area (Å²) in [7, 11) is 0. The Balaban J connectivity index is 1.59. The van der Waals surface area contributed by atoms with E-state index in [-0.39, 0.29) is 6.54 Å². The number of halogens is 9. The molecule has 0 bridgehead atoms. The lowest BCUT2D eigenvalue weighted by Crippen LogP contribution is -2.68. The molecule has 0 radical (unpaired) electrons. The Morgan fingerprint density at radius 3 is 1.54 bits per heavy atom. The molecule has 1 amide bonds. The molecule has 232 valence electrons. The molecule has 3 rings (SSSR count). The first-order valence-electron chi connectivity index (χ1n) is 12.4. The van der Waals surface area contributed by atoms with Crippen LogP contribution in [0.5, 0.6) is 0 Å². The number of rotatable bonds is 10. The van der Waals surface area contributed by atoms with Gasteiger partial charge in [0.15, 0.2) is 0 Å². The summed E-state index contributed by atoms with van der Waals surface area (Å²) in [5.41, 5.74) is -4.66. The Bertz CT molecular complexity index is 975. The van der Waals surface area contributed by atoms with E-state index in [1.54, 1.807) is 17.3 Å². The number of nitrogens with one attached hydrogen (secondary N) is 3. The van der Waals surface area contributed by atoms with Gasteiger partial charge in [-0.3, -0.25) is 29.7 Å². The maximum Gasteiger partial charge on any atom is 0.435 e. The van der Waals surface area contributed by atoms with E-state index in [1.165, 1.54) is 0 Å². The van der Waals surface area contributed by atoms with Gasteiger partial charge in [0.1, 0.15) is 0 Å². The molecule has 41 heavy (non-hydrogen) atoms. The van der Waals surface area contributed by atoms with Gasteiger partial charge in [-0.25, -0.2) is 0 Å². The SMILES string of the molecule is O=C(CN1CCN(Cc2ccn[nH]2)CCN(Cc2ccn[nH]2)CC1)NCCOC(C(F)(F)F)(C(F)(F)F)C(F)(F)F. The van der Waals surface area contributed by atoms with E-state index in [9.17, 15) is 44.3 Å². The summed E-state index contributed by atoms with van der Waals surface area (Å²) in [6.07, 6.45) is -17.3. The van der Waals surface area contributed by atoms with Crippen LogP contribution in [0.25, 0.3) is 0 Å². The predicted molar refractivity (Wildman–Crippen MR) is 124 cm³/mol. The van der Waals surface area contributed by atoms with Gasteiger partial charge in [0, 0.05) is 82.7 Å². The Labute approximate surface area is 228 Å². The Morgan fingerprint density at radius 1 is 0.756 bits per heavy atom. The molecule has 2 aromatic rings. The molecular formula is C22H29F9N8O2. The minimum atomic E-state index is -6.83. The van der Waals surface area contributed by atoms with E-state index in [0.29, 0.717) is 52.4 Å². The highest BCUT2D eigenvalue weighted by Crippen LogP contribution is 2.54. The third kappa shape index (κ3) is 8.55. The largest absolute Gasteiger partial charge is 0.435 e. The first-order valence-corrected chi connectivity index (χ1v) is 12.4. The predicted octanol–water partition coefficient (Wildman–Crippen LogP) is 2.31. The van der Waals surface area contributed by atoms with Crippen molar-refractivity contribution in [3.8, 4) is 0 Å². The molecular weight excluding hydrogens is 579 g/mol. The summed E-state index contributed by atoms with van der Waals surface area (Å²) in [4.78, 5) is 18.4. The van der Waals surface area contributed by atoms with Crippen molar-refractivity contribution in [2.75, 3.05) is 59.0 Å². The van der Waals surface area contributed by atoms with Gasteiger partial charge in [-0.1, -0.05) is 0 Å². The molecule has 2 aromatic heterocycles. The number of amides is 1. The zero-order chi connectivity index (χ0) is 30.3. The number of aromatic nitrogens is 4. The first kappa shape index (κ1) is 32.6. The van der Waals surface area contributed by atoms with Gasteiger partial charge in [-0.2, -0.15) is 49.7 Å². The molecule has 3 heterocycles. The molecule has 1 saturated heterocycles. The lowest BCUT2D eigenvalue weighted by Gasteiger charge is -2.38. The van der Waals surface area contributed by atoms with Crippen molar-refractivity contribution in [2.24, 2.45) is 0 Å². The smallest absolute Gasteiger partial charge is 0.353 e. The van der Waals surface area contributed by atoms with Gasteiger partial charge in [0.05, 0.1) is 13.2 Å². The van der Waals surface area contributed by atoms with Crippen LogP contribution in [0.3, 0.4) is 0 Å². The quantitative estimate of drug-likeness (QED) is 0.281. The van der Waals surface area contributed by atoms with Crippen LogP contribution >= 0.6 is 0 Å². The van der Waals surface area contributed by atoms with Gasteiger partial charge in [-0.15, -0.1) is 0 Å². The number of alkyl halides is 9. The number of carbonyl (C=O) groups excluding carboxylic acids is 1. The van der Waals surface area contributed by atoms with Crippen LogP contribution in [0, 0.1) is 0 Å². The number of ether oxygens (including phenoxy) is 1. The topological polar surface area (TPSA) is 105 Å². The normalized spacial score (nSPS) is 17.7. The van der Waals surface area contributed by atoms with Crippen LogP contribution in [0.4, 0.5) is 39.5 Å². The number of H-pyrrole nitrogens is 2. The number of hydrogen-bond donors (Lipinski definition) is 3. The highest BCUT2D eigenvalue weighted by molar-refractivity contribution is 5.78. The molecule has 1 aliphatic heterocycles. The number of hydrogen-bond acceptors (Lipinski definition) is 7. The molecule has 0 saturated carbocycles. The Hall–Kier alpha value is -2.90. The van der Waals surface area contributed by atoms with Crippen LogP contribution in [-0.4, -0.2) is 124 Å². The van der Waals surface area contributed by atoms with Gasteiger partial charge in [0.2, 0.25) is 5.91 Å². The molecule has 10 nitrogen and oxygen atoms in total. The summed E-state index contributed by atoms with van der Waals surface area (Å²) in [5.74, 6) is -0.801. The highest BCUT2D eigenvalue weighted by Gasteiger charge is 2.85. The number of nitrogens with zero attached hydrogens (tertiary/aromatic N) is 5. The molecule has 1 fully saturated rings. The lowest BCUT2D eigenvalue weighted by molar-refractivity contribution is -0.456. The van der Waals surface area contributed by atoms with E-state index in [4.69, 9.17) is 0 Å². The second kappa shape index (κ2) is 13.4. The van der Waals surface area contributed by atoms with E-state index in [0.717, 1.165) is 11.4 Å². The lowest BCUT2D eigenvalue weighted by atomic mass is 10.0. The van der Waals surface area contributed by atoms with E-state index < -0.39 is 43.2 Å². The second-order valence-electron chi connectivity index (χ2n) is 9.37. The molecule has 0 atom stereocenters. The molecule has 0 spiro atoms. The zero-order valence-corrected chi connectivity index (χ0v) is 21.5. The third-order valence-corrected chi connectivity index (χ3v) is 6.41. The maximum absolute atomic E-state index is 13.0. The summed E-state index contributed by atoms with van der Waals surface area (Å²) >= 11 is 0.